The lowest BCUT2D eigenvalue weighted by Gasteiger charge is -2.22. The molecule has 0 N–H and O–H groups in total. The Balaban J connectivity index is 1.97. The van der Waals surface area contributed by atoms with E-state index >= 15 is 0 Å². The highest BCUT2D eigenvalue weighted by molar-refractivity contribution is 6.30. The maximum Gasteiger partial charge on any atom is 0.0558 e. The van der Waals surface area contributed by atoms with Gasteiger partial charge in [-0.2, -0.15) is 0 Å². The Morgan fingerprint density at radius 2 is 2.24 bits per heavy atom. The second-order valence-electron chi connectivity index (χ2n) is 5.17. The fraction of sp³-hybridized carbons (Fsp3) is 0.615. The van der Waals surface area contributed by atoms with Gasteiger partial charge in [-0.25, -0.2) is 0 Å². The lowest BCUT2D eigenvalue weighted by molar-refractivity contribution is 0.249. The lowest BCUT2D eigenvalue weighted by Crippen LogP contribution is -2.34. The van der Waals surface area contributed by atoms with Gasteiger partial charge < -0.3 is 4.90 Å². The first-order chi connectivity index (χ1) is 8.06. The third-order valence-electron chi connectivity index (χ3n) is 3.48. The van der Waals surface area contributed by atoms with Crippen molar-refractivity contribution in [2.75, 3.05) is 27.2 Å². The number of rotatable bonds is 3. The van der Waals surface area contributed by atoms with E-state index in [1.54, 1.807) is 6.20 Å². The van der Waals surface area contributed by atoms with Gasteiger partial charge in [0.25, 0.3) is 0 Å². The zero-order valence-corrected chi connectivity index (χ0v) is 11.5. The van der Waals surface area contributed by atoms with Gasteiger partial charge in [0.05, 0.1) is 5.69 Å². The van der Waals surface area contributed by atoms with Crippen molar-refractivity contribution in [2.45, 2.75) is 19.5 Å². The number of nitrogens with zero attached hydrogens (tertiary/aromatic N) is 3. The number of likely N-dealkylation sites (tertiary alicyclic amines) is 1. The molecule has 4 heteroatoms. The van der Waals surface area contributed by atoms with Gasteiger partial charge in [0, 0.05) is 36.9 Å². The molecule has 3 nitrogen and oxygen atoms in total. The summed E-state index contributed by atoms with van der Waals surface area (Å²) in [5.74, 6) is 0.712. The smallest absolute Gasteiger partial charge is 0.0558 e. The summed E-state index contributed by atoms with van der Waals surface area (Å²) in [5.41, 5.74) is 1.06. The largest absolute Gasteiger partial charge is 0.305 e. The van der Waals surface area contributed by atoms with Crippen molar-refractivity contribution in [2.24, 2.45) is 5.92 Å². The van der Waals surface area contributed by atoms with Crippen LogP contribution >= 0.6 is 11.6 Å². The van der Waals surface area contributed by atoms with Crippen LogP contribution in [0.2, 0.25) is 5.02 Å². The van der Waals surface area contributed by atoms with Crippen LogP contribution in [0.3, 0.4) is 0 Å². The van der Waals surface area contributed by atoms with E-state index in [-0.39, 0.29) is 0 Å². The molecule has 1 aromatic heterocycles. The zero-order valence-electron chi connectivity index (χ0n) is 10.7. The van der Waals surface area contributed by atoms with Crippen molar-refractivity contribution in [1.82, 2.24) is 14.8 Å². The molecule has 0 aromatic carbocycles. The minimum Gasteiger partial charge on any atom is -0.305 e. The Labute approximate surface area is 108 Å². The molecule has 0 amide bonds. The molecule has 0 spiro atoms. The van der Waals surface area contributed by atoms with Crippen LogP contribution in [0.25, 0.3) is 0 Å². The van der Waals surface area contributed by atoms with E-state index < -0.39 is 0 Å². The Morgan fingerprint density at radius 3 is 2.82 bits per heavy atom. The van der Waals surface area contributed by atoms with E-state index in [9.17, 15) is 0 Å². The Morgan fingerprint density at radius 1 is 1.47 bits per heavy atom. The molecule has 2 unspecified atom stereocenters. The van der Waals surface area contributed by atoms with Crippen molar-refractivity contribution in [1.29, 1.82) is 0 Å². The summed E-state index contributed by atoms with van der Waals surface area (Å²) >= 11 is 5.97. The first kappa shape index (κ1) is 12.8. The van der Waals surface area contributed by atoms with Crippen molar-refractivity contribution in [3.05, 3.63) is 29.0 Å². The molecule has 0 aliphatic carbocycles. The maximum absolute atomic E-state index is 5.97. The molecule has 0 radical (unpaired) electrons. The molecule has 1 aliphatic heterocycles. The number of pyridine rings is 1. The highest BCUT2D eigenvalue weighted by Gasteiger charge is 2.30. The van der Waals surface area contributed by atoms with E-state index in [1.807, 2.05) is 12.1 Å². The molecule has 17 heavy (non-hydrogen) atoms. The summed E-state index contributed by atoms with van der Waals surface area (Å²) in [4.78, 5) is 9.13. The zero-order chi connectivity index (χ0) is 12.4. The summed E-state index contributed by atoms with van der Waals surface area (Å²) in [6, 6.07) is 4.42. The van der Waals surface area contributed by atoms with Crippen LogP contribution in [-0.2, 0) is 6.54 Å². The van der Waals surface area contributed by atoms with Gasteiger partial charge >= 0.3 is 0 Å². The van der Waals surface area contributed by atoms with Crippen LogP contribution in [0.5, 0.6) is 0 Å². The maximum atomic E-state index is 5.97. The molecular weight excluding hydrogens is 234 g/mol. The second-order valence-corrected chi connectivity index (χ2v) is 5.60. The van der Waals surface area contributed by atoms with Gasteiger partial charge in [-0.15, -0.1) is 0 Å². The van der Waals surface area contributed by atoms with Crippen LogP contribution in [0.4, 0.5) is 0 Å². The van der Waals surface area contributed by atoms with Crippen molar-refractivity contribution in [3.63, 3.8) is 0 Å². The summed E-state index contributed by atoms with van der Waals surface area (Å²) in [6.07, 6.45) is 1.78. The molecule has 2 rings (SSSR count). The average Bonchev–Trinajstić information content (AvgIpc) is 2.59. The SMILES string of the molecule is CC1CN(Cc2cc(Cl)ccn2)CC1N(C)C. The molecule has 1 fully saturated rings. The molecule has 2 atom stereocenters. The van der Waals surface area contributed by atoms with Gasteiger partial charge in [0.1, 0.15) is 0 Å². The Kier molecular flexibility index (Phi) is 4.02. The van der Waals surface area contributed by atoms with E-state index in [2.05, 4.69) is 35.8 Å². The Hall–Kier alpha value is -0.640. The van der Waals surface area contributed by atoms with Crippen LogP contribution in [0.15, 0.2) is 18.3 Å². The molecular formula is C13H20ClN3. The molecule has 94 valence electrons. The number of likely N-dealkylation sites (N-methyl/N-ethyl adjacent to an activating group) is 1. The van der Waals surface area contributed by atoms with E-state index in [0.29, 0.717) is 12.0 Å². The Bertz CT molecular complexity index is 381. The fourth-order valence-corrected chi connectivity index (χ4v) is 2.80. The van der Waals surface area contributed by atoms with Gasteiger partial charge in [-0.05, 0) is 32.1 Å². The second kappa shape index (κ2) is 5.34. The molecule has 1 aliphatic rings. The first-order valence-electron chi connectivity index (χ1n) is 6.05. The monoisotopic (exact) mass is 253 g/mol. The van der Waals surface area contributed by atoms with Crippen molar-refractivity contribution >= 4 is 11.6 Å². The molecule has 2 heterocycles. The van der Waals surface area contributed by atoms with Crippen molar-refractivity contribution in [3.8, 4) is 0 Å². The van der Waals surface area contributed by atoms with E-state index in [4.69, 9.17) is 11.6 Å². The summed E-state index contributed by atoms with van der Waals surface area (Å²) in [5, 5.41) is 0.770. The van der Waals surface area contributed by atoms with Crippen molar-refractivity contribution < 1.29 is 0 Å². The molecule has 0 saturated carbocycles. The van der Waals surface area contributed by atoms with Crippen LogP contribution in [-0.4, -0.2) is 48.0 Å². The van der Waals surface area contributed by atoms with Gasteiger partial charge in [-0.3, -0.25) is 9.88 Å². The number of halogens is 1. The minimum absolute atomic E-state index is 0.647. The number of hydrogen-bond acceptors (Lipinski definition) is 3. The fourth-order valence-electron chi connectivity index (χ4n) is 2.61. The standard InChI is InChI=1S/C13H20ClN3/c1-10-7-17(9-13(10)16(2)3)8-12-6-11(14)4-5-15-12/h4-6,10,13H,7-9H2,1-3H3. The summed E-state index contributed by atoms with van der Waals surface area (Å²) < 4.78 is 0. The average molecular weight is 254 g/mol. The normalized spacial score (nSPS) is 25.7. The minimum atomic E-state index is 0.647. The highest BCUT2D eigenvalue weighted by atomic mass is 35.5. The van der Waals surface area contributed by atoms with Crippen LogP contribution < -0.4 is 0 Å². The third-order valence-corrected chi connectivity index (χ3v) is 3.71. The molecule has 1 saturated heterocycles. The van der Waals surface area contributed by atoms with Crippen LogP contribution in [0.1, 0.15) is 12.6 Å². The van der Waals surface area contributed by atoms with Crippen LogP contribution in [0, 0.1) is 5.92 Å². The van der Waals surface area contributed by atoms with E-state index in [0.717, 1.165) is 30.4 Å². The molecule has 1 aromatic rings. The topological polar surface area (TPSA) is 19.4 Å². The first-order valence-corrected chi connectivity index (χ1v) is 6.43. The number of aromatic nitrogens is 1. The van der Waals surface area contributed by atoms with Gasteiger partial charge in [0.15, 0.2) is 0 Å². The number of hydrogen-bond donors (Lipinski definition) is 0. The lowest BCUT2D eigenvalue weighted by atomic mass is 10.1. The van der Waals surface area contributed by atoms with Gasteiger partial charge in [0.2, 0.25) is 0 Å². The quantitative estimate of drug-likeness (QED) is 0.823. The third kappa shape index (κ3) is 3.18. The van der Waals surface area contributed by atoms with Gasteiger partial charge in [-0.1, -0.05) is 18.5 Å². The predicted molar refractivity (Wildman–Crippen MR) is 71.2 cm³/mol. The predicted octanol–water partition coefficient (Wildman–Crippen LogP) is 2.12. The summed E-state index contributed by atoms with van der Waals surface area (Å²) in [7, 11) is 4.31. The summed E-state index contributed by atoms with van der Waals surface area (Å²) in [6.45, 7) is 5.46. The van der Waals surface area contributed by atoms with E-state index in [1.165, 1.54) is 0 Å². The highest BCUT2D eigenvalue weighted by Crippen LogP contribution is 2.21. The molecule has 0 bridgehead atoms.